The average molecular weight is 470 g/mol. The number of anilines is 1. The fraction of sp³-hybridized carbons (Fsp3) is 0.769. The molecule has 6 rings (SSSR count). The third kappa shape index (κ3) is 4.79. The molecule has 180 valence electrons. The van der Waals surface area contributed by atoms with Crippen LogP contribution in [0.2, 0.25) is 0 Å². The first-order valence-corrected chi connectivity index (χ1v) is 14.2. The van der Waals surface area contributed by atoms with E-state index in [2.05, 4.69) is 21.6 Å². The third-order valence-corrected chi connectivity index (χ3v) is 9.39. The Morgan fingerprint density at radius 3 is 2.67 bits per heavy atom. The lowest BCUT2D eigenvalue weighted by Gasteiger charge is -2.30. The average Bonchev–Trinajstić information content (AvgIpc) is 3.51. The van der Waals surface area contributed by atoms with E-state index >= 15 is 0 Å². The van der Waals surface area contributed by atoms with Gasteiger partial charge in [-0.2, -0.15) is 0 Å². The summed E-state index contributed by atoms with van der Waals surface area (Å²) >= 11 is 1.94. The Kier molecular flexibility index (Phi) is 6.57. The van der Waals surface area contributed by atoms with Crippen molar-refractivity contribution in [1.82, 2.24) is 19.8 Å². The topological polar surface area (TPSA) is 44.7 Å². The van der Waals surface area contributed by atoms with E-state index in [1.165, 1.54) is 87.0 Å². The number of likely N-dealkylation sites (tertiary alicyclic amines) is 1. The maximum atomic E-state index is 5.92. The molecule has 0 saturated carbocycles. The molecule has 0 radical (unpaired) electrons. The SMILES string of the molecule is CC1CCN(Cc2nc(N3CCCN(C[C@@H]4CCCO4)CC3)c3c4c(sc3n2)CCC4)CC1. The van der Waals surface area contributed by atoms with E-state index < -0.39 is 0 Å². The zero-order valence-electron chi connectivity index (χ0n) is 20.2. The Morgan fingerprint density at radius 2 is 1.82 bits per heavy atom. The number of hydrogen-bond donors (Lipinski definition) is 0. The monoisotopic (exact) mass is 469 g/mol. The van der Waals surface area contributed by atoms with Crippen LogP contribution < -0.4 is 4.90 Å². The van der Waals surface area contributed by atoms with Crippen LogP contribution in [-0.4, -0.2) is 78.3 Å². The molecule has 0 unspecified atom stereocenters. The zero-order chi connectivity index (χ0) is 22.2. The minimum Gasteiger partial charge on any atom is -0.377 e. The van der Waals surface area contributed by atoms with E-state index in [4.69, 9.17) is 14.7 Å². The highest BCUT2D eigenvalue weighted by Crippen LogP contribution is 2.41. The lowest BCUT2D eigenvalue weighted by molar-refractivity contribution is 0.0754. The number of hydrogen-bond acceptors (Lipinski definition) is 7. The molecule has 2 aromatic heterocycles. The van der Waals surface area contributed by atoms with Gasteiger partial charge < -0.3 is 9.64 Å². The number of thiophene rings is 1. The van der Waals surface area contributed by atoms with Gasteiger partial charge in [-0.3, -0.25) is 9.80 Å². The number of nitrogens with zero attached hydrogens (tertiary/aromatic N) is 5. The van der Waals surface area contributed by atoms with Gasteiger partial charge >= 0.3 is 0 Å². The Bertz CT molecular complexity index is 963. The summed E-state index contributed by atoms with van der Waals surface area (Å²) in [5.41, 5.74) is 1.56. The van der Waals surface area contributed by atoms with Crippen LogP contribution in [0.25, 0.3) is 10.2 Å². The van der Waals surface area contributed by atoms with Gasteiger partial charge in [0.15, 0.2) is 0 Å². The quantitative estimate of drug-likeness (QED) is 0.657. The molecule has 2 aromatic rings. The van der Waals surface area contributed by atoms with Crippen LogP contribution in [0.4, 0.5) is 5.82 Å². The van der Waals surface area contributed by atoms with Gasteiger partial charge in [0.1, 0.15) is 16.5 Å². The van der Waals surface area contributed by atoms with Gasteiger partial charge in [-0.1, -0.05) is 6.92 Å². The molecular weight excluding hydrogens is 430 g/mol. The van der Waals surface area contributed by atoms with E-state index in [0.717, 1.165) is 51.1 Å². The second-order valence-electron chi connectivity index (χ2n) is 10.7. The minimum absolute atomic E-state index is 0.446. The van der Waals surface area contributed by atoms with E-state index in [0.29, 0.717) is 6.10 Å². The molecule has 4 aliphatic rings. The van der Waals surface area contributed by atoms with Crippen molar-refractivity contribution in [2.75, 3.05) is 57.3 Å². The van der Waals surface area contributed by atoms with E-state index in [1.807, 2.05) is 11.3 Å². The van der Waals surface area contributed by atoms with Crippen LogP contribution in [0.3, 0.4) is 0 Å². The summed E-state index contributed by atoms with van der Waals surface area (Å²) in [4.78, 5) is 21.0. The fourth-order valence-corrected chi connectivity index (χ4v) is 7.46. The molecule has 1 atom stereocenters. The molecule has 0 amide bonds. The molecule has 3 fully saturated rings. The Hall–Kier alpha value is -1.28. The highest BCUT2D eigenvalue weighted by atomic mass is 32.1. The molecule has 1 aliphatic carbocycles. The number of fused-ring (bicyclic) bond motifs is 3. The number of ether oxygens (including phenoxy) is 1. The predicted molar refractivity (Wildman–Crippen MR) is 135 cm³/mol. The Morgan fingerprint density at radius 1 is 0.909 bits per heavy atom. The molecule has 0 bridgehead atoms. The first-order valence-electron chi connectivity index (χ1n) is 13.4. The van der Waals surface area contributed by atoms with Crippen LogP contribution in [0.1, 0.15) is 61.7 Å². The molecule has 33 heavy (non-hydrogen) atoms. The van der Waals surface area contributed by atoms with E-state index in [9.17, 15) is 0 Å². The summed E-state index contributed by atoms with van der Waals surface area (Å²) in [7, 11) is 0. The summed E-state index contributed by atoms with van der Waals surface area (Å²) in [6.45, 7) is 12.1. The number of piperidine rings is 1. The summed E-state index contributed by atoms with van der Waals surface area (Å²) < 4.78 is 5.92. The summed E-state index contributed by atoms with van der Waals surface area (Å²) in [5, 5.41) is 1.39. The van der Waals surface area contributed by atoms with Crippen LogP contribution in [0.15, 0.2) is 0 Å². The van der Waals surface area contributed by atoms with Gasteiger partial charge in [-0.25, -0.2) is 9.97 Å². The largest absolute Gasteiger partial charge is 0.377 e. The molecule has 6 nitrogen and oxygen atoms in total. The lowest BCUT2D eigenvalue weighted by Crippen LogP contribution is -2.36. The van der Waals surface area contributed by atoms with Crippen molar-refractivity contribution in [3.8, 4) is 0 Å². The van der Waals surface area contributed by atoms with Crippen molar-refractivity contribution < 1.29 is 4.74 Å². The molecule has 3 aliphatic heterocycles. The maximum absolute atomic E-state index is 5.92. The molecule has 0 aromatic carbocycles. The van der Waals surface area contributed by atoms with Gasteiger partial charge in [-0.05, 0) is 82.5 Å². The highest BCUT2D eigenvalue weighted by Gasteiger charge is 2.28. The van der Waals surface area contributed by atoms with Crippen molar-refractivity contribution in [1.29, 1.82) is 0 Å². The second kappa shape index (κ2) is 9.76. The van der Waals surface area contributed by atoms with Gasteiger partial charge in [0.25, 0.3) is 0 Å². The number of aryl methyl sites for hydroxylation is 2. The molecule has 7 heteroatoms. The highest BCUT2D eigenvalue weighted by molar-refractivity contribution is 7.19. The maximum Gasteiger partial charge on any atom is 0.146 e. The normalized spacial score (nSPS) is 25.7. The fourth-order valence-electron chi connectivity index (χ4n) is 6.18. The first kappa shape index (κ1) is 22.2. The van der Waals surface area contributed by atoms with Crippen molar-refractivity contribution in [2.24, 2.45) is 5.92 Å². The summed E-state index contributed by atoms with van der Waals surface area (Å²) in [5.74, 6) is 3.13. The number of aromatic nitrogens is 2. The summed E-state index contributed by atoms with van der Waals surface area (Å²) in [6.07, 6.45) is 10.4. The van der Waals surface area contributed by atoms with Crippen molar-refractivity contribution >= 4 is 27.4 Å². The van der Waals surface area contributed by atoms with Gasteiger partial charge in [0, 0.05) is 37.7 Å². The van der Waals surface area contributed by atoms with Crippen LogP contribution in [0, 0.1) is 5.92 Å². The molecular formula is C26H39N5OS. The van der Waals surface area contributed by atoms with Crippen molar-refractivity contribution in [3.63, 3.8) is 0 Å². The third-order valence-electron chi connectivity index (χ3n) is 8.21. The molecule has 5 heterocycles. The van der Waals surface area contributed by atoms with Crippen LogP contribution in [-0.2, 0) is 24.1 Å². The standard InChI is InChI=1S/C26H39N5OS/c1-19-8-12-30(13-9-19)18-23-27-25(24-21-6-2-7-22(21)33-26(24)28-23)31-11-4-10-29(14-15-31)17-20-5-3-16-32-20/h19-20H,2-18H2,1H3/t20-/m0/s1. The number of rotatable bonds is 5. The Balaban J connectivity index is 1.25. The molecule has 0 N–H and O–H groups in total. The van der Waals surface area contributed by atoms with Gasteiger partial charge in [0.2, 0.25) is 0 Å². The van der Waals surface area contributed by atoms with Crippen LogP contribution in [0.5, 0.6) is 0 Å². The molecule has 3 saturated heterocycles. The minimum atomic E-state index is 0.446. The first-order chi connectivity index (χ1) is 16.2. The van der Waals surface area contributed by atoms with E-state index in [-0.39, 0.29) is 0 Å². The zero-order valence-corrected chi connectivity index (χ0v) is 21.0. The smallest absolute Gasteiger partial charge is 0.146 e. The molecule has 0 spiro atoms. The summed E-state index contributed by atoms with van der Waals surface area (Å²) in [6, 6.07) is 0. The van der Waals surface area contributed by atoms with Gasteiger partial charge in [0.05, 0.1) is 18.0 Å². The predicted octanol–water partition coefficient (Wildman–Crippen LogP) is 4.10. The van der Waals surface area contributed by atoms with Gasteiger partial charge in [-0.15, -0.1) is 11.3 Å². The van der Waals surface area contributed by atoms with Crippen molar-refractivity contribution in [2.45, 2.75) is 70.9 Å². The second-order valence-corrected chi connectivity index (χ2v) is 11.8. The van der Waals surface area contributed by atoms with E-state index in [1.54, 1.807) is 10.4 Å². The van der Waals surface area contributed by atoms with Crippen molar-refractivity contribution in [3.05, 3.63) is 16.3 Å². The lowest BCUT2D eigenvalue weighted by atomic mass is 9.99. The Labute approximate surface area is 202 Å². The van der Waals surface area contributed by atoms with Crippen LogP contribution >= 0.6 is 11.3 Å².